The second kappa shape index (κ2) is 63.2. The summed E-state index contributed by atoms with van der Waals surface area (Å²) in [6, 6.07) is -3.55. The van der Waals surface area contributed by atoms with Crippen molar-refractivity contribution >= 4 is 137 Å². The summed E-state index contributed by atoms with van der Waals surface area (Å²) in [5.41, 5.74) is 0. The molecule has 0 aromatic carbocycles. The number of piperazine rings is 1. The van der Waals surface area contributed by atoms with E-state index in [0.717, 1.165) is 62.3 Å². The fourth-order valence-corrected chi connectivity index (χ4v) is 14.7. The molecule has 0 bridgehead atoms. The molecule has 4 aliphatic heterocycles. The standard InChI is InChI=1S/C87H136N16O36/c1-50(104)95-73-79(134-59(10)113)76(131-56(7)110)62(47-128-53(4)107)137-82(73)125-44-16-13-23-65(116)88-31-20-34-91-68(119)28-37-94-85-98-86(100-87(99-85)103-42-40-101(41-43-103)71(122)26-19-27-72(123)124)102(38-29-69(120)92-35-21-32-89-66(117)24-14-17-45-126-83-74(96-51(2)105)80(135-60(11)114)77(132-57(8)111)63(138-83)48-129-54(5)108)39-30-70(121)93-36-22-33-90-67(118)25-15-18-46-127-84-75(97-52(3)106)81(136-61(12)115)78(133-58(9)112)64(139-84)49-130-55(6)109/h62-64,73-84H,13-49H2,1-12H3,(H,88,116)(H,89,117)(H,90,118)(H,91,119)(H,92,120)(H,93,121)(H,95,104)(H,96,105)(H,97,106)(H,123,124)(H,94,98,99,100). The molecule has 15 atom stereocenters. The third-order valence-corrected chi connectivity index (χ3v) is 20.9. The van der Waals surface area contributed by atoms with E-state index < -0.39 is 207 Å². The molecular formula is C87H136N16O36. The molecule has 4 saturated heterocycles. The lowest BCUT2D eigenvalue weighted by molar-refractivity contribution is -0.277. The number of anilines is 3. The number of aromatic nitrogens is 3. The van der Waals surface area contributed by atoms with Crippen molar-refractivity contribution in [2.75, 3.05) is 140 Å². The summed E-state index contributed by atoms with van der Waals surface area (Å²) in [7, 11) is 0. The number of carboxylic acids is 1. The number of carbonyl (C=O) groups excluding carboxylic acids is 19. The predicted molar refractivity (Wildman–Crippen MR) is 478 cm³/mol. The van der Waals surface area contributed by atoms with Gasteiger partial charge < -0.3 is 144 Å². The quantitative estimate of drug-likeness (QED) is 0.0183. The van der Waals surface area contributed by atoms with Crippen LogP contribution in [0.1, 0.15) is 199 Å². The zero-order chi connectivity index (χ0) is 103. The first-order valence-corrected chi connectivity index (χ1v) is 46.2. The maximum absolute atomic E-state index is 13.8. The molecule has 52 heteroatoms. The Morgan fingerprint density at radius 3 is 0.950 bits per heavy atom. The molecule has 52 nitrogen and oxygen atoms in total. The van der Waals surface area contributed by atoms with Crippen molar-refractivity contribution in [1.82, 2.24) is 67.7 Å². The van der Waals surface area contributed by atoms with Crippen molar-refractivity contribution in [2.45, 2.75) is 291 Å². The van der Waals surface area contributed by atoms with Crippen LogP contribution >= 0.6 is 0 Å². The van der Waals surface area contributed by atoms with Crippen molar-refractivity contribution in [2.24, 2.45) is 0 Å². The number of hydrogen-bond donors (Lipinski definition) is 11. The Hall–Kier alpha value is -12.4. The van der Waals surface area contributed by atoms with Crippen LogP contribution in [-0.2, 0) is 167 Å². The van der Waals surface area contributed by atoms with Gasteiger partial charge in [-0.3, -0.25) is 95.9 Å². The highest BCUT2D eigenvalue weighted by Crippen LogP contribution is 2.33. The molecule has 15 unspecified atom stereocenters. The number of nitrogens with one attached hydrogen (secondary N) is 10. The largest absolute Gasteiger partial charge is 0.481 e. The maximum Gasteiger partial charge on any atom is 0.303 e. The minimum absolute atomic E-state index is 0.00157. The Balaban J connectivity index is 1.22. The smallest absolute Gasteiger partial charge is 0.303 e. The van der Waals surface area contributed by atoms with Crippen LogP contribution in [0, 0.1) is 0 Å². The maximum atomic E-state index is 13.8. The molecular weight excluding hydrogens is 1850 g/mol. The van der Waals surface area contributed by atoms with Crippen LogP contribution in [0.3, 0.4) is 0 Å². The third-order valence-electron chi connectivity index (χ3n) is 20.9. The molecule has 0 spiro atoms. The Labute approximate surface area is 803 Å². The van der Waals surface area contributed by atoms with Crippen LogP contribution in [0.2, 0.25) is 0 Å². The summed E-state index contributed by atoms with van der Waals surface area (Å²) < 4.78 is 84.4. The fourth-order valence-electron chi connectivity index (χ4n) is 14.7. The molecule has 0 aliphatic carbocycles. The number of ether oxygens (including phenoxy) is 15. The van der Waals surface area contributed by atoms with Crippen molar-refractivity contribution in [3.8, 4) is 0 Å². The number of carboxylic acid groups (broad SMARTS) is 1. The summed E-state index contributed by atoms with van der Waals surface area (Å²) in [4.78, 5) is 269. The van der Waals surface area contributed by atoms with Crippen LogP contribution in [0.15, 0.2) is 0 Å². The van der Waals surface area contributed by atoms with Gasteiger partial charge in [0.05, 0.1) is 0 Å². The Morgan fingerprint density at radius 2 is 0.647 bits per heavy atom. The van der Waals surface area contributed by atoms with Gasteiger partial charge in [0.2, 0.25) is 76.9 Å². The van der Waals surface area contributed by atoms with Gasteiger partial charge in [0.15, 0.2) is 55.5 Å². The number of rotatable bonds is 61. The first-order valence-electron chi connectivity index (χ1n) is 46.2. The summed E-state index contributed by atoms with van der Waals surface area (Å²) in [6.45, 7) is 13.9. The van der Waals surface area contributed by atoms with E-state index >= 15 is 0 Å². The lowest BCUT2D eigenvalue weighted by Crippen LogP contribution is -2.66. The van der Waals surface area contributed by atoms with E-state index in [1.54, 1.807) is 14.7 Å². The van der Waals surface area contributed by atoms with E-state index in [-0.39, 0.29) is 204 Å². The second-order valence-corrected chi connectivity index (χ2v) is 32.8. The fraction of sp³-hybridized carbons (Fsp3) is 0.736. The molecule has 1 aromatic heterocycles. The molecule has 10 amide bonds. The van der Waals surface area contributed by atoms with Gasteiger partial charge in [-0.2, -0.15) is 15.0 Å². The minimum atomic E-state index is -1.33. The SMILES string of the molecule is CC(=O)NC1C(OCCCCC(=O)NCCCNC(=O)CCNc2nc(N(CCC(=O)NCCCNC(=O)CCCCOC3OC(COC(C)=O)C(OC(C)=O)C(OC(C)=O)C3NC(C)=O)CCC(=O)NCCCNC(=O)CCCCOC3OC(COC(C)=O)C(OC(C)=O)C(OC(C)=O)C3NC(C)=O)nc(N3CCN(C(=O)CCCC(=O)O)CC3)n2)OC(COC(C)=O)C(OC(C)=O)C1OC(C)=O. The van der Waals surface area contributed by atoms with Crippen LogP contribution < -0.4 is 63.0 Å². The van der Waals surface area contributed by atoms with E-state index in [1.807, 2.05) is 0 Å². The molecule has 5 heterocycles. The van der Waals surface area contributed by atoms with Gasteiger partial charge in [0.1, 0.15) is 56.3 Å². The van der Waals surface area contributed by atoms with Crippen molar-refractivity contribution in [3.05, 3.63) is 0 Å². The monoisotopic (exact) mass is 1980 g/mol. The first kappa shape index (κ1) is 117. The molecule has 0 saturated carbocycles. The third kappa shape index (κ3) is 46.7. The van der Waals surface area contributed by atoms with E-state index in [2.05, 4.69) is 53.2 Å². The minimum Gasteiger partial charge on any atom is -0.481 e. The lowest BCUT2D eigenvalue weighted by Gasteiger charge is -2.44. The molecule has 780 valence electrons. The summed E-state index contributed by atoms with van der Waals surface area (Å²) in [5.74, 6) is -11.8. The Bertz CT molecular complexity index is 4120. The van der Waals surface area contributed by atoms with Crippen molar-refractivity contribution in [1.29, 1.82) is 0 Å². The molecule has 11 N–H and O–H groups in total. The zero-order valence-corrected chi connectivity index (χ0v) is 80.7. The van der Waals surface area contributed by atoms with Gasteiger partial charge >= 0.3 is 59.7 Å². The van der Waals surface area contributed by atoms with E-state index in [9.17, 15) is 101 Å². The normalized spacial score (nSPS) is 21.4. The summed E-state index contributed by atoms with van der Waals surface area (Å²) >= 11 is 0. The molecule has 0 radical (unpaired) electrons. The first-order chi connectivity index (χ1) is 66.0. The van der Waals surface area contributed by atoms with E-state index in [1.165, 1.54) is 20.8 Å². The number of nitrogens with zero attached hydrogens (tertiary/aromatic N) is 6. The van der Waals surface area contributed by atoms with Gasteiger partial charge in [-0.25, -0.2) is 0 Å². The van der Waals surface area contributed by atoms with E-state index in [0.29, 0.717) is 57.8 Å². The predicted octanol–water partition coefficient (Wildman–Crippen LogP) is -2.44. The van der Waals surface area contributed by atoms with E-state index in [4.69, 9.17) is 86.0 Å². The number of carbonyl (C=O) groups is 20. The van der Waals surface area contributed by atoms with Crippen LogP contribution in [0.25, 0.3) is 0 Å². The molecule has 4 aliphatic rings. The summed E-state index contributed by atoms with van der Waals surface area (Å²) in [6.07, 6.45) is -13.0. The highest BCUT2D eigenvalue weighted by molar-refractivity contribution is 5.81. The van der Waals surface area contributed by atoms with Crippen LogP contribution in [-0.4, -0.2) is 360 Å². The number of hydrogen-bond acceptors (Lipinski definition) is 41. The topological polar surface area (TPSA) is 669 Å². The molecule has 5 rings (SSSR count). The number of esters is 9. The van der Waals surface area contributed by atoms with Gasteiger partial charge in [0, 0.05) is 239 Å². The van der Waals surface area contributed by atoms with Gasteiger partial charge in [-0.1, -0.05) is 0 Å². The van der Waals surface area contributed by atoms with Crippen molar-refractivity contribution in [3.63, 3.8) is 0 Å². The molecule has 1 aromatic rings. The highest BCUT2D eigenvalue weighted by Gasteiger charge is 2.55. The van der Waals surface area contributed by atoms with Gasteiger partial charge in [-0.05, 0) is 64.2 Å². The summed E-state index contributed by atoms with van der Waals surface area (Å²) in [5, 5.41) is 37.1. The Kier molecular flexibility index (Phi) is 53.2. The Morgan fingerprint density at radius 1 is 0.338 bits per heavy atom. The highest BCUT2D eigenvalue weighted by atomic mass is 16.7. The zero-order valence-electron chi connectivity index (χ0n) is 80.7. The van der Waals surface area contributed by atoms with Gasteiger partial charge in [0.25, 0.3) is 0 Å². The molecule has 139 heavy (non-hydrogen) atoms. The molecule has 4 fully saturated rings. The number of unbranched alkanes of at least 4 members (excludes halogenated alkanes) is 3. The average molecular weight is 1980 g/mol. The number of aliphatic carboxylic acids is 1. The lowest BCUT2D eigenvalue weighted by atomic mass is 9.96. The van der Waals surface area contributed by atoms with Gasteiger partial charge in [-0.15, -0.1) is 0 Å². The van der Waals surface area contributed by atoms with Crippen LogP contribution in [0.5, 0.6) is 0 Å². The number of amides is 10. The van der Waals surface area contributed by atoms with Crippen molar-refractivity contribution < 1.29 is 172 Å². The van der Waals surface area contributed by atoms with Crippen LogP contribution in [0.4, 0.5) is 17.8 Å². The average Bonchev–Trinajstić information content (AvgIpc) is 0.796. The second-order valence-electron chi connectivity index (χ2n) is 32.8.